The summed E-state index contributed by atoms with van der Waals surface area (Å²) in [5.74, 6) is 0.319. The smallest absolute Gasteiger partial charge is 0.279 e. The van der Waals surface area contributed by atoms with Crippen LogP contribution in [0.25, 0.3) is 16.5 Å². The molecule has 11 heteroatoms. The quantitative estimate of drug-likeness (QED) is 0.211. The number of hydrogen-bond acceptors (Lipinski definition) is 8. The van der Waals surface area contributed by atoms with Crippen LogP contribution in [0.3, 0.4) is 0 Å². The third-order valence-corrected chi connectivity index (χ3v) is 11.5. The number of aromatic nitrogens is 5. The van der Waals surface area contributed by atoms with Gasteiger partial charge in [-0.25, -0.2) is 0 Å². The van der Waals surface area contributed by atoms with Gasteiger partial charge in [-0.15, -0.1) is 5.10 Å². The van der Waals surface area contributed by atoms with E-state index in [0.717, 1.165) is 16.5 Å². The fourth-order valence-corrected chi connectivity index (χ4v) is 8.61. The minimum absolute atomic E-state index is 0.0690. The summed E-state index contributed by atoms with van der Waals surface area (Å²) in [5.41, 5.74) is 2.82. The second kappa shape index (κ2) is 12.7. The Morgan fingerprint density at radius 3 is 2.56 bits per heavy atom. The van der Waals surface area contributed by atoms with Crippen LogP contribution in [-0.4, -0.2) is 62.8 Å². The van der Waals surface area contributed by atoms with Crippen LogP contribution in [0.1, 0.15) is 42.2 Å². The van der Waals surface area contributed by atoms with Crippen molar-refractivity contribution in [2.45, 2.75) is 56.7 Å². The summed E-state index contributed by atoms with van der Waals surface area (Å²) in [6.45, 7) is 6.43. The molecule has 0 saturated carbocycles. The van der Waals surface area contributed by atoms with Crippen molar-refractivity contribution < 1.29 is 19.4 Å². The van der Waals surface area contributed by atoms with E-state index in [1.54, 1.807) is 24.1 Å². The summed E-state index contributed by atoms with van der Waals surface area (Å²) in [7, 11) is -1.06. The number of methoxy groups -OCH3 is 1. The average molecular weight is 626 g/mol. The number of aliphatic hydroxyl groups is 1. The molecule has 45 heavy (non-hydrogen) atoms. The van der Waals surface area contributed by atoms with Gasteiger partial charge in [-0.3, -0.25) is 9.48 Å². The molecule has 5 aromatic rings. The maximum atomic E-state index is 13.3. The van der Waals surface area contributed by atoms with Gasteiger partial charge in [0.25, 0.3) is 5.56 Å². The Hall–Kier alpha value is -4.16. The molecule has 2 N–H and O–H groups in total. The first kappa shape index (κ1) is 30.8. The Bertz CT molecular complexity index is 1840. The lowest BCUT2D eigenvalue weighted by molar-refractivity contribution is -0.0247. The molecule has 3 aromatic carbocycles. The topological polar surface area (TPSA) is 125 Å². The van der Waals surface area contributed by atoms with Crippen LogP contribution in [0.4, 0.5) is 0 Å². The van der Waals surface area contributed by atoms with E-state index < -0.39 is 8.32 Å². The summed E-state index contributed by atoms with van der Waals surface area (Å²) in [4.78, 5) is 24.8. The normalized spacial score (nSPS) is 19.6. The molecule has 0 fully saturated rings. The molecular formula is C34H39N5O5Si. The molecule has 0 aliphatic carbocycles. The summed E-state index contributed by atoms with van der Waals surface area (Å²) >= 11 is 0. The average Bonchev–Trinajstić information content (AvgIpc) is 3.50. The fraction of sp³-hybridized carbons (Fsp3) is 0.353. The van der Waals surface area contributed by atoms with Gasteiger partial charge in [0.05, 0.1) is 41.6 Å². The summed E-state index contributed by atoms with van der Waals surface area (Å²) < 4.78 is 15.9. The van der Waals surface area contributed by atoms with Crippen LogP contribution in [0, 0.1) is 5.92 Å². The SMILES string of the molecule is CO[C@@H]1c2cc(-n3ncc4ccccc4c3=O)ccc2O[C@H](C(CCn2cc(C(CO)c3ccccc3)nn2)[Si](C)(C)O)[C@H]1C. The van der Waals surface area contributed by atoms with Crippen molar-refractivity contribution in [1.82, 2.24) is 24.8 Å². The number of hydrogen-bond donors (Lipinski definition) is 2. The van der Waals surface area contributed by atoms with E-state index in [0.29, 0.717) is 35.5 Å². The molecule has 2 unspecified atom stereocenters. The highest BCUT2D eigenvalue weighted by Gasteiger charge is 2.46. The summed E-state index contributed by atoms with van der Waals surface area (Å²) in [5, 5.41) is 24.6. The Labute approximate surface area is 263 Å². The Morgan fingerprint density at radius 2 is 1.82 bits per heavy atom. The predicted octanol–water partition coefficient (Wildman–Crippen LogP) is 4.84. The van der Waals surface area contributed by atoms with E-state index in [9.17, 15) is 14.7 Å². The third-order valence-electron chi connectivity index (χ3n) is 9.02. The minimum atomic E-state index is -2.74. The molecule has 0 amide bonds. The molecule has 2 aromatic heterocycles. The lowest BCUT2D eigenvalue weighted by Crippen LogP contribution is -2.48. The van der Waals surface area contributed by atoms with Crippen molar-refractivity contribution in [1.29, 1.82) is 0 Å². The highest BCUT2D eigenvalue weighted by molar-refractivity contribution is 6.71. The maximum absolute atomic E-state index is 13.3. The molecule has 0 bridgehead atoms. The van der Waals surface area contributed by atoms with Gasteiger partial charge in [-0.1, -0.05) is 60.7 Å². The Kier molecular flexibility index (Phi) is 8.69. The van der Waals surface area contributed by atoms with Crippen molar-refractivity contribution in [3.8, 4) is 11.4 Å². The second-order valence-corrected chi connectivity index (χ2v) is 16.4. The number of rotatable bonds is 10. The first-order valence-corrected chi connectivity index (χ1v) is 18.3. The van der Waals surface area contributed by atoms with Crippen molar-refractivity contribution in [2.24, 2.45) is 5.92 Å². The zero-order valence-corrected chi connectivity index (χ0v) is 26.9. The van der Waals surface area contributed by atoms with E-state index >= 15 is 0 Å². The van der Waals surface area contributed by atoms with Crippen LogP contribution < -0.4 is 10.3 Å². The van der Waals surface area contributed by atoms with Crippen molar-refractivity contribution in [3.05, 3.63) is 112 Å². The van der Waals surface area contributed by atoms with E-state index in [2.05, 4.69) is 22.3 Å². The number of benzene rings is 3. The fourth-order valence-electron chi connectivity index (χ4n) is 6.60. The van der Waals surface area contributed by atoms with Gasteiger partial charge in [-0.2, -0.15) is 9.78 Å². The van der Waals surface area contributed by atoms with Crippen LogP contribution >= 0.6 is 0 Å². The second-order valence-electron chi connectivity index (χ2n) is 12.4. The Morgan fingerprint density at radius 1 is 1.07 bits per heavy atom. The largest absolute Gasteiger partial charge is 0.490 e. The number of nitrogens with zero attached hydrogens (tertiary/aromatic N) is 5. The lowest BCUT2D eigenvalue weighted by Gasteiger charge is -2.43. The lowest BCUT2D eigenvalue weighted by atomic mass is 9.86. The number of ether oxygens (including phenoxy) is 2. The predicted molar refractivity (Wildman–Crippen MR) is 174 cm³/mol. The molecule has 0 saturated heterocycles. The van der Waals surface area contributed by atoms with Crippen molar-refractivity contribution in [2.75, 3.05) is 13.7 Å². The zero-order chi connectivity index (χ0) is 31.7. The maximum Gasteiger partial charge on any atom is 0.279 e. The van der Waals surface area contributed by atoms with E-state index in [1.807, 2.05) is 86.0 Å². The monoisotopic (exact) mass is 625 g/mol. The molecule has 0 radical (unpaired) electrons. The number of fused-ring (bicyclic) bond motifs is 2. The Balaban J connectivity index is 1.25. The summed E-state index contributed by atoms with van der Waals surface area (Å²) in [6.07, 6.45) is 3.58. The van der Waals surface area contributed by atoms with E-state index in [1.165, 1.54) is 4.68 Å². The third kappa shape index (κ3) is 6.08. The van der Waals surface area contributed by atoms with Gasteiger partial charge in [0.15, 0.2) is 8.32 Å². The first-order chi connectivity index (χ1) is 21.7. The number of aliphatic hydroxyl groups excluding tert-OH is 1. The van der Waals surface area contributed by atoms with Crippen LogP contribution in [0.2, 0.25) is 18.6 Å². The zero-order valence-electron chi connectivity index (χ0n) is 25.9. The first-order valence-electron chi connectivity index (χ1n) is 15.3. The molecule has 5 atom stereocenters. The van der Waals surface area contributed by atoms with Gasteiger partial charge in [0, 0.05) is 42.3 Å². The molecule has 10 nitrogen and oxygen atoms in total. The van der Waals surface area contributed by atoms with Crippen LogP contribution in [-0.2, 0) is 11.3 Å². The molecule has 3 heterocycles. The van der Waals surface area contributed by atoms with Gasteiger partial charge in [0.2, 0.25) is 0 Å². The highest BCUT2D eigenvalue weighted by atomic mass is 28.4. The van der Waals surface area contributed by atoms with Crippen LogP contribution in [0.5, 0.6) is 5.75 Å². The number of aryl methyl sites for hydroxylation is 1. The molecule has 0 spiro atoms. The molecule has 6 rings (SSSR count). The molecule has 1 aliphatic rings. The van der Waals surface area contributed by atoms with Crippen molar-refractivity contribution >= 4 is 19.1 Å². The van der Waals surface area contributed by atoms with Crippen LogP contribution in [0.15, 0.2) is 90.0 Å². The van der Waals surface area contributed by atoms with E-state index in [-0.39, 0.29) is 41.8 Å². The molecule has 1 aliphatic heterocycles. The summed E-state index contributed by atoms with van der Waals surface area (Å²) in [6, 6.07) is 22.8. The van der Waals surface area contributed by atoms with Gasteiger partial charge in [-0.05, 0) is 49.3 Å². The minimum Gasteiger partial charge on any atom is -0.490 e. The van der Waals surface area contributed by atoms with Gasteiger partial charge in [0.1, 0.15) is 11.9 Å². The van der Waals surface area contributed by atoms with E-state index in [4.69, 9.17) is 9.47 Å². The molecular weight excluding hydrogens is 586 g/mol. The highest BCUT2D eigenvalue weighted by Crippen LogP contribution is 2.47. The molecule has 234 valence electrons. The van der Waals surface area contributed by atoms with Crippen molar-refractivity contribution in [3.63, 3.8) is 0 Å². The standard InChI is InChI=1S/C34H39N5O5Si/c1-22-32(43-2)27-18-25(39-34(41)26-13-9-8-12-24(26)19-35-39)14-15-30(27)44-33(22)31(45(3,4)42)16-17-38-20-29(36-37-38)28(21-40)23-10-6-5-7-11-23/h5-15,18-20,22,28,31-33,40,42H,16-17,21H2,1-4H3/t22-,28?,31?,32-,33-/m0/s1. The van der Waals surface area contributed by atoms with Gasteiger partial charge >= 0.3 is 0 Å². The van der Waals surface area contributed by atoms with Gasteiger partial charge < -0.3 is 19.4 Å².